The first-order chi connectivity index (χ1) is 32.5. The molecule has 0 radical (unpaired) electrons. The van der Waals surface area contributed by atoms with E-state index in [9.17, 15) is 10.2 Å². The Morgan fingerprint density at radius 1 is 0.394 bits per heavy atom. The molecule has 0 amide bonds. The molecule has 12 heteroatoms. The highest BCUT2D eigenvalue weighted by Gasteiger charge is 2.54. The Labute approximate surface area is 386 Å². The molecule has 0 aromatic heterocycles. The van der Waals surface area contributed by atoms with Crippen molar-refractivity contribution in [3.8, 4) is 11.5 Å². The van der Waals surface area contributed by atoms with Crippen molar-refractivity contribution in [3.63, 3.8) is 0 Å². The first-order valence-electron chi connectivity index (χ1n) is 22.3. The lowest BCUT2D eigenvalue weighted by molar-refractivity contribution is -0.366. The van der Waals surface area contributed by atoms with Gasteiger partial charge in [-0.15, -0.1) is 0 Å². The van der Waals surface area contributed by atoms with Crippen LogP contribution >= 0.6 is 0 Å². The van der Waals surface area contributed by atoms with Crippen molar-refractivity contribution in [3.05, 3.63) is 204 Å². The van der Waals surface area contributed by atoms with Gasteiger partial charge in [0, 0.05) is 0 Å². The maximum Gasteiger partial charge on any atom is 0.229 e. The molecule has 8 rings (SSSR count). The molecule has 0 bridgehead atoms. The number of ether oxygens (including phenoxy) is 10. The summed E-state index contributed by atoms with van der Waals surface area (Å²) in [6, 6.07) is 56.0. The van der Waals surface area contributed by atoms with Gasteiger partial charge in [0.1, 0.15) is 60.3 Å². The summed E-state index contributed by atoms with van der Waals surface area (Å²) in [4.78, 5) is 0. The van der Waals surface area contributed by atoms with E-state index >= 15 is 0 Å². The van der Waals surface area contributed by atoms with Crippen LogP contribution in [0.15, 0.2) is 176 Å². The van der Waals surface area contributed by atoms with E-state index in [1.807, 2.05) is 164 Å². The zero-order valence-electron chi connectivity index (χ0n) is 36.9. The third-order valence-corrected chi connectivity index (χ3v) is 11.5. The van der Waals surface area contributed by atoms with E-state index in [4.69, 9.17) is 47.4 Å². The Balaban J connectivity index is 1.15. The Bertz CT molecular complexity index is 2250. The molecule has 2 aliphatic rings. The molecule has 2 N–H and O–H groups in total. The second-order valence-corrected chi connectivity index (χ2v) is 16.2. The predicted octanol–water partition coefficient (Wildman–Crippen LogP) is 7.82. The average Bonchev–Trinajstić information content (AvgIpc) is 3.37. The van der Waals surface area contributed by atoms with Crippen LogP contribution in [0, 0.1) is 0 Å². The van der Waals surface area contributed by atoms with E-state index in [1.54, 1.807) is 19.2 Å². The number of aliphatic hydroxyl groups excluding tert-OH is 2. The van der Waals surface area contributed by atoms with Gasteiger partial charge in [0.05, 0.1) is 53.4 Å². The normalized spacial score (nSPS) is 25.3. The van der Waals surface area contributed by atoms with Gasteiger partial charge in [0.15, 0.2) is 6.29 Å². The second-order valence-electron chi connectivity index (χ2n) is 16.2. The van der Waals surface area contributed by atoms with Gasteiger partial charge in [-0.3, -0.25) is 0 Å². The molecule has 6 aromatic rings. The largest absolute Gasteiger partial charge is 0.497 e. The van der Waals surface area contributed by atoms with E-state index in [-0.39, 0.29) is 46.2 Å². The van der Waals surface area contributed by atoms with Crippen LogP contribution in [0.4, 0.5) is 0 Å². The summed E-state index contributed by atoms with van der Waals surface area (Å²) in [6.07, 6.45) is -10.9. The smallest absolute Gasteiger partial charge is 0.229 e. The first-order valence-corrected chi connectivity index (χ1v) is 22.3. The molecule has 0 aliphatic carbocycles. The number of benzene rings is 6. The van der Waals surface area contributed by atoms with E-state index in [1.165, 1.54) is 0 Å². The Kier molecular flexibility index (Phi) is 17.3. The van der Waals surface area contributed by atoms with Gasteiger partial charge in [0.25, 0.3) is 0 Å². The zero-order chi connectivity index (χ0) is 45.3. The van der Waals surface area contributed by atoms with Crippen LogP contribution in [0.25, 0.3) is 0 Å². The van der Waals surface area contributed by atoms with Crippen LogP contribution < -0.4 is 9.47 Å². The molecule has 2 saturated heterocycles. The SMILES string of the molecule is COc1ccc(O[C@@H]2O[C@H](COCc3ccccc3)[C@H](O[C@@H]3O[C@H](COCc4ccccc4)[C@H](O)[C@H](O)[C@H]3OCc3ccccc3)[C@H](OCc3ccccc3)[C@H]2OCc2ccccc2)cc1. The summed E-state index contributed by atoms with van der Waals surface area (Å²) in [5.41, 5.74) is 4.62. The number of rotatable bonds is 22. The summed E-state index contributed by atoms with van der Waals surface area (Å²) in [6.45, 7) is 1.03. The highest BCUT2D eigenvalue weighted by molar-refractivity contribution is 5.31. The standard InChI is InChI=1S/C54H58O12/c1-57-43-27-29-44(30-28-43)63-54-52(62-35-42-25-15-6-16-26-42)51(61-34-41-23-13-5-14-24-41)49(46(65-54)37-59-32-39-19-9-3-10-20-39)66-53-50(60-33-40-21-11-4-12-22-40)48(56)47(55)45(64-53)36-58-31-38-17-7-2-8-18-38/h2-30,45-56H,31-37H2,1H3/t45-,46-,47+,48+,49+,50-,51+,52-,53+,54-/m1/s1. The zero-order valence-corrected chi connectivity index (χ0v) is 36.9. The van der Waals surface area contributed by atoms with Crippen LogP contribution in [0.2, 0.25) is 0 Å². The molecule has 0 spiro atoms. The van der Waals surface area contributed by atoms with Gasteiger partial charge in [-0.25, -0.2) is 0 Å². The summed E-state index contributed by atoms with van der Waals surface area (Å²) >= 11 is 0. The van der Waals surface area contributed by atoms with Crippen molar-refractivity contribution >= 4 is 0 Å². The number of aliphatic hydroxyl groups is 2. The van der Waals surface area contributed by atoms with Crippen LogP contribution in [-0.4, -0.2) is 91.9 Å². The van der Waals surface area contributed by atoms with Crippen molar-refractivity contribution in [1.29, 1.82) is 0 Å². The highest BCUT2D eigenvalue weighted by atomic mass is 16.8. The third-order valence-electron chi connectivity index (χ3n) is 11.5. The number of methoxy groups -OCH3 is 1. The molecule has 12 nitrogen and oxygen atoms in total. The molecule has 2 fully saturated rings. The monoisotopic (exact) mass is 898 g/mol. The summed E-state index contributed by atoms with van der Waals surface area (Å²) in [5.74, 6) is 1.18. The van der Waals surface area contributed by atoms with Crippen molar-refractivity contribution in [2.75, 3.05) is 20.3 Å². The fourth-order valence-corrected chi connectivity index (χ4v) is 7.95. The van der Waals surface area contributed by atoms with Gasteiger partial charge >= 0.3 is 0 Å². The van der Waals surface area contributed by atoms with Crippen LogP contribution in [0.3, 0.4) is 0 Å². The molecule has 2 aliphatic heterocycles. The minimum absolute atomic E-state index is 0.0374. The summed E-state index contributed by atoms with van der Waals surface area (Å²) in [5, 5.41) is 23.5. The molecule has 0 unspecified atom stereocenters. The number of hydrogen-bond acceptors (Lipinski definition) is 12. The predicted molar refractivity (Wildman–Crippen MR) is 245 cm³/mol. The van der Waals surface area contributed by atoms with Crippen molar-refractivity contribution in [1.82, 2.24) is 0 Å². The molecule has 346 valence electrons. The van der Waals surface area contributed by atoms with Gasteiger partial charge in [0.2, 0.25) is 6.29 Å². The Morgan fingerprint density at radius 3 is 1.26 bits per heavy atom. The summed E-state index contributed by atoms with van der Waals surface area (Å²) in [7, 11) is 1.61. The number of hydrogen-bond donors (Lipinski definition) is 2. The molecule has 66 heavy (non-hydrogen) atoms. The summed E-state index contributed by atoms with van der Waals surface area (Å²) < 4.78 is 65.5. The van der Waals surface area contributed by atoms with Crippen molar-refractivity contribution < 1.29 is 57.6 Å². The van der Waals surface area contributed by atoms with E-state index in [2.05, 4.69) is 0 Å². The van der Waals surface area contributed by atoms with Gasteiger partial charge < -0.3 is 57.6 Å². The Hall–Kier alpha value is -5.48. The molecule has 10 atom stereocenters. The van der Waals surface area contributed by atoms with Crippen molar-refractivity contribution in [2.24, 2.45) is 0 Å². The fourth-order valence-electron chi connectivity index (χ4n) is 7.95. The molecular weight excluding hydrogens is 841 g/mol. The van der Waals surface area contributed by atoms with E-state index < -0.39 is 61.4 Å². The lowest BCUT2D eigenvalue weighted by atomic mass is 9.96. The highest BCUT2D eigenvalue weighted by Crippen LogP contribution is 2.36. The maximum atomic E-state index is 11.9. The van der Waals surface area contributed by atoms with E-state index in [0.29, 0.717) is 11.5 Å². The lowest BCUT2D eigenvalue weighted by Gasteiger charge is -2.49. The first kappa shape index (κ1) is 47.0. The fraction of sp³-hybridized carbons (Fsp3) is 0.333. The van der Waals surface area contributed by atoms with Crippen LogP contribution in [0.1, 0.15) is 27.8 Å². The Morgan fingerprint density at radius 2 is 0.788 bits per heavy atom. The topological polar surface area (TPSA) is 133 Å². The van der Waals surface area contributed by atoms with E-state index in [0.717, 1.165) is 27.8 Å². The maximum absolute atomic E-state index is 11.9. The third kappa shape index (κ3) is 13.1. The minimum atomic E-state index is -1.44. The lowest BCUT2D eigenvalue weighted by Crippen LogP contribution is -2.66. The molecule has 2 heterocycles. The van der Waals surface area contributed by atoms with Gasteiger partial charge in [-0.2, -0.15) is 0 Å². The second kappa shape index (κ2) is 24.3. The van der Waals surface area contributed by atoms with Gasteiger partial charge in [-0.1, -0.05) is 152 Å². The molecular formula is C54H58O12. The molecule has 6 aromatic carbocycles. The van der Waals surface area contributed by atoms with Crippen LogP contribution in [0.5, 0.6) is 11.5 Å². The minimum Gasteiger partial charge on any atom is -0.497 e. The van der Waals surface area contributed by atoms with Crippen molar-refractivity contribution in [2.45, 2.75) is 94.4 Å². The average molecular weight is 899 g/mol. The van der Waals surface area contributed by atoms with Gasteiger partial charge in [-0.05, 0) is 52.1 Å². The quantitative estimate of drug-likeness (QED) is 0.0689. The molecule has 0 saturated carbocycles. The van der Waals surface area contributed by atoms with Crippen LogP contribution in [-0.2, 0) is 70.9 Å².